The lowest BCUT2D eigenvalue weighted by Crippen LogP contribution is -2.47. The maximum Gasteiger partial charge on any atom is 0.227 e. The van der Waals surface area contributed by atoms with Crippen LogP contribution in [0.25, 0.3) is 10.2 Å². The fourth-order valence-electron chi connectivity index (χ4n) is 3.73. The third-order valence-electron chi connectivity index (χ3n) is 5.14. The summed E-state index contributed by atoms with van der Waals surface area (Å²) in [5, 5.41) is 2.08. The quantitative estimate of drug-likeness (QED) is 0.704. The van der Waals surface area contributed by atoms with E-state index in [4.69, 9.17) is 4.98 Å². The van der Waals surface area contributed by atoms with Gasteiger partial charge in [0.2, 0.25) is 5.95 Å². The summed E-state index contributed by atoms with van der Waals surface area (Å²) in [4.78, 5) is 25.2. The lowest BCUT2D eigenvalue weighted by atomic mass is 10.3. The lowest BCUT2D eigenvalue weighted by molar-refractivity contribution is 0.635. The summed E-state index contributed by atoms with van der Waals surface area (Å²) in [5.74, 6) is 2.96. The van der Waals surface area contributed by atoms with Crippen molar-refractivity contribution < 1.29 is 0 Å². The van der Waals surface area contributed by atoms with Crippen molar-refractivity contribution in [2.45, 2.75) is 12.8 Å². The Morgan fingerprint density at radius 3 is 2.46 bits per heavy atom. The highest BCUT2D eigenvalue weighted by Gasteiger charge is 2.23. The molecule has 2 saturated heterocycles. The average molecular weight is 367 g/mol. The van der Waals surface area contributed by atoms with Gasteiger partial charge in [0.15, 0.2) is 0 Å². The first-order valence-corrected chi connectivity index (χ1v) is 10.0. The van der Waals surface area contributed by atoms with Crippen LogP contribution in [0.4, 0.5) is 17.6 Å². The molecule has 7 nitrogen and oxygen atoms in total. The molecular formula is C18H21N7S. The van der Waals surface area contributed by atoms with E-state index in [1.54, 1.807) is 17.7 Å². The first-order chi connectivity index (χ1) is 12.9. The fourth-order valence-corrected chi connectivity index (χ4v) is 4.60. The number of aromatic nitrogens is 4. The number of anilines is 3. The molecule has 26 heavy (non-hydrogen) atoms. The van der Waals surface area contributed by atoms with Crippen LogP contribution in [0.3, 0.4) is 0 Å². The third-order valence-corrected chi connectivity index (χ3v) is 6.04. The van der Waals surface area contributed by atoms with E-state index in [1.165, 1.54) is 17.5 Å². The van der Waals surface area contributed by atoms with Gasteiger partial charge >= 0.3 is 0 Å². The Morgan fingerprint density at radius 1 is 0.808 bits per heavy atom. The minimum absolute atomic E-state index is 0.845. The van der Waals surface area contributed by atoms with Crippen molar-refractivity contribution in [3.05, 3.63) is 30.0 Å². The average Bonchev–Trinajstić information content (AvgIpc) is 3.40. The highest BCUT2D eigenvalue weighted by molar-refractivity contribution is 7.17. The van der Waals surface area contributed by atoms with E-state index in [0.29, 0.717) is 0 Å². The van der Waals surface area contributed by atoms with Crippen molar-refractivity contribution in [2.75, 3.05) is 54.0 Å². The highest BCUT2D eigenvalue weighted by atomic mass is 32.1. The SMILES string of the molecule is c1cc(N2CCCC2)nc(N2CCN(c3ncnc4ccsc34)CC2)n1. The van der Waals surface area contributed by atoms with Crippen LogP contribution >= 0.6 is 11.3 Å². The topological polar surface area (TPSA) is 61.3 Å². The molecule has 0 aromatic carbocycles. The zero-order valence-electron chi connectivity index (χ0n) is 14.6. The highest BCUT2D eigenvalue weighted by Crippen LogP contribution is 2.29. The van der Waals surface area contributed by atoms with Crippen molar-refractivity contribution in [3.8, 4) is 0 Å². The Balaban J connectivity index is 1.31. The number of piperazine rings is 1. The predicted molar refractivity (Wildman–Crippen MR) is 105 cm³/mol. The van der Waals surface area contributed by atoms with Crippen LogP contribution in [0, 0.1) is 0 Å². The van der Waals surface area contributed by atoms with E-state index in [2.05, 4.69) is 41.1 Å². The number of nitrogens with zero attached hydrogens (tertiary/aromatic N) is 7. The second-order valence-corrected chi connectivity index (χ2v) is 7.63. The molecule has 3 aromatic rings. The van der Waals surface area contributed by atoms with Gasteiger partial charge in [0.05, 0.1) is 10.2 Å². The van der Waals surface area contributed by atoms with Gasteiger partial charge in [-0.3, -0.25) is 0 Å². The van der Waals surface area contributed by atoms with Crippen molar-refractivity contribution in [2.24, 2.45) is 0 Å². The number of hydrogen-bond donors (Lipinski definition) is 0. The van der Waals surface area contributed by atoms with Crippen molar-refractivity contribution in [1.29, 1.82) is 0 Å². The molecular weight excluding hydrogens is 346 g/mol. The molecule has 0 radical (unpaired) electrons. The molecule has 0 saturated carbocycles. The van der Waals surface area contributed by atoms with Gasteiger partial charge in [-0.2, -0.15) is 4.98 Å². The molecule has 5 heterocycles. The lowest BCUT2D eigenvalue weighted by Gasteiger charge is -2.35. The molecule has 2 aliphatic rings. The molecule has 134 valence electrons. The molecule has 0 atom stereocenters. The molecule has 2 fully saturated rings. The molecule has 0 bridgehead atoms. The molecule has 0 N–H and O–H groups in total. The Morgan fingerprint density at radius 2 is 1.62 bits per heavy atom. The summed E-state index contributed by atoms with van der Waals surface area (Å²) in [6.45, 7) is 5.85. The van der Waals surface area contributed by atoms with Crippen LogP contribution in [-0.4, -0.2) is 59.2 Å². The molecule has 5 rings (SSSR count). The van der Waals surface area contributed by atoms with Gasteiger partial charge in [-0.15, -0.1) is 11.3 Å². The van der Waals surface area contributed by atoms with Gasteiger partial charge in [-0.05, 0) is 30.4 Å². The summed E-state index contributed by atoms with van der Waals surface area (Å²) >= 11 is 1.71. The van der Waals surface area contributed by atoms with E-state index in [9.17, 15) is 0 Å². The smallest absolute Gasteiger partial charge is 0.227 e. The Kier molecular flexibility index (Phi) is 4.05. The van der Waals surface area contributed by atoms with Crippen LogP contribution in [0.15, 0.2) is 30.0 Å². The van der Waals surface area contributed by atoms with Crippen LogP contribution in [-0.2, 0) is 0 Å². The molecule has 3 aromatic heterocycles. The predicted octanol–water partition coefficient (Wildman–Crippen LogP) is 2.41. The number of hydrogen-bond acceptors (Lipinski definition) is 8. The summed E-state index contributed by atoms with van der Waals surface area (Å²) in [6.07, 6.45) is 6.07. The van der Waals surface area contributed by atoms with E-state index in [0.717, 1.165) is 62.4 Å². The summed E-state index contributed by atoms with van der Waals surface area (Å²) in [5.41, 5.74) is 1.03. The van der Waals surface area contributed by atoms with Gasteiger partial charge in [0.1, 0.15) is 18.0 Å². The van der Waals surface area contributed by atoms with Crippen molar-refractivity contribution in [1.82, 2.24) is 19.9 Å². The van der Waals surface area contributed by atoms with E-state index < -0.39 is 0 Å². The van der Waals surface area contributed by atoms with Gasteiger partial charge < -0.3 is 14.7 Å². The van der Waals surface area contributed by atoms with Crippen LogP contribution in [0.5, 0.6) is 0 Å². The molecule has 0 spiro atoms. The van der Waals surface area contributed by atoms with Crippen LogP contribution in [0.2, 0.25) is 0 Å². The molecule has 8 heteroatoms. The zero-order chi connectivity index (χ0) is 17.3. The largest absolute Gasteiger partial charge is 0.356 e. The van der Waals surface area contributed by atoms with E-state index >= 15 is 0 Å². The second kappa shape index (κ2) is 6.68. The zero-order valence-corrected chi connectivity index (χ0v) is 15.4. The van der Waals surface area contributed by atoms with Crippen molar-refractivity contribution in [3.63, 3.8) is 0 Å². The monoisotopic (exact) mass is 367 g/mol. The number of fused-ring (bicyclic) bond motifs is 1. The maximum absolute atomic E-state index is 4.82. The van der Waals surface area contributed by atoms with E-state index in [1.807, 2.05) is 12.3 Å². The minimum atomic E-state index is 0.845. The molecule has 0 amide bonds. The first-order valence-electron chi connectivity index (χ1n) is 9.14. The van der Waals surface area contributed by atoms with E-state index in [-0.39, 0.29) is 0 Å². The van der Waals surface area contributed by atoms with Gasteiger partial charge in [0.25, 0.3) is 0 Å². The minimum Gasteiger partial charge on any atom is -0.356 e. The Labute approximate surface area is 156 Å². The van der Waals surface area contributed by atoms with Crippen LogP contribution < -0.4 is 14.7 Å². The first kappa shape index (κ1) is 15.7. The van der Waals surface area contributed by atoms with Gasteiger partial charge in [-0.1, -0.05) is 0 Å². The fraction of sp³-hybridized carbons (Fsp3) is 0.444. The summed E-state index contributed by atoms with van der Waals surface area (Å²) in [7, 11) is 0. The molecule has 0 aliphatic carbocycles. The second-order valence-electron chi connectivity index (χ2n) is 6.72. The normalized spacial score (nSPS) is 18.1. The maximum atomic E-state index is 4.82. The number of thiophene rings is 1. The van der Waals surface area contributed by atoms with Gasteiger partial charge in [-0.25, -0.2) is 15.0 Å². The van der Waals surface area contributed by atoms with Gasteiger partial charge in [0, 0.05) is 45.5 Å². The number of rotatable bonds is 3. The van der Waals surface area contributed by atoms with Crippen molar-refractivity contribution >= 4 is 39.1 Å². The summed E-state index contributed by atoms with van der Waals surface area (Å²) < 4.78 is 1.17. The Bertz CT molecular complexity index is 897. The molecule has 2 aliphatic heterocycles. The third kappa shape index (κ3) is 2.84. The summed E-state index contributed by atoms with van der Waals surface area (Å²) in [6, 6.07) is 4.08. The standard InChI is InChI=1S/C18H21N7S/c1-2-7-23(6-1)15-3-5-19-18(22-15)25-10-8-24(9-11-25)17-16-14(4-12-26-16)20-13-21-17/h3-5,12-13H,1-2,6-11H2. The van der Waals surface area contributed by atoms with Crippen LogP contribution in [0.1, 0.15) is 12.8 Å². The Hall–Kier alpha value is -2.48. The molecule has 0 unspecified atom stereocenters.